The summed E-state index contributed by atoms with van der Waals surface area (Å²) in [6.07, 6.45) is 0. The fourth-order valence-electron chi connectivity index (χ4n) is 1.79. The maximum Gasteiger partial charge on any atom is 0.0705 e. The molecule has 0 aliphatic carbocycles. The van der Waals surface area contributed by atoms with Crippen molar-refractivity contribution < 1.29 is 0 Å². The van der Waals surface area contributed by atoms with Crippen LogP contribution >= 0.6 is 15.9 Å². The molecule has 0 atom stereocenters. The summed E-state index contributed by atoms with van der Waals surface area (Å²) in [4.78, 5) is 4.65. The minimum absolute atomic E-state index is 0.860. The highest BCUT2D eigenvalue weighted by atomic mass is 79.9. The Morgan fingerprint density at radius 3 is 2.35 bits per heavy atom. The first-order chi connectivity index (χ1) is 8.11. The van der Waals surface area contributed by atoms with E-state index in [0.29, 0.717) is 0 Å². The van der Waals surface area contributed by atoms with Crippen LogP contribution < -0.4 is 0 Å². The van der Waals surface area contributed by atoms with Crippen molar-refractivity contribution in [3.63, 3.8) is 0 Å². The number of aryl methyl sites for hydroxylation is 3. The molecule has 0 saturated heterocycles. The quantitative estimate of drug-likeness (QED) is 0.738. The number of halogens is 1. The average molecular weight is 290 g/mol. The molecule has 1 aromatic heterocycles. The molecule has 2 heteroatoms. The first-order valence-corrected chi connectivity index (χ1v) is 6.84. The Balaban J connectivity index is 2.46. The monoisotopic (exact) mass is 289 g/mol. The van der Waals surface area contributed by atoms with E-state index in [1.165, 1.54) is 22.3 Å². The van der Waals surface area contributed by atoms with Crippen molar-refractivity contribution in [2.24, 2.45) is 0 Å². The van der Waals surface area contributed by atoms with Crippen LogP contribution in [0.25, 0.3) is 11.3 Å². The summed E-state index contributed by atoms with van der Waals surface area (Å²) < 4.78 is 0. The van der Waals surface area contributed by atoms with Gasteiger partial charge in [-0.2, -0.15) is 0 Å². The third-order valence-electron chi connectivity index (χ3n) is 3.14. The van der Waals surface area contributed by atoms with E-state index in [2.05, 4.69) is 72.0 Å². The number of hydrogen-bond acceptors (Lipinski definition) is 1. The Labute approximate surface area is 111 Å². The van der Waals surface area contributed by atoms with Crippen molar-refractivity contribution in [3.8, 4) is 11.3 Å². The van der Waals surface area contributed by atoms with Crippen molar-refractivity contribution >= 4 is 15.9 Å². The van der Waals surface area contributed by atoms with Crippen molar-refractivity contribution in [2.75, 3.05) is 0 Å². The van der Waals surface area contributed by atoms with Crippen LogP contribution in [0.5, 0.6) is 0 Å². The first-order valence-electron chi connectivity index (χ1n) is 5.72. The van der Waals surface area contributed by atoms with Gasteiger partial charge in [0.25, 0.3) is 0 Å². The number of aromatic nitrogens is 1. The molecule has 1 nitrogen and oxygen atoms in total. The van der Waals surface area contributed by atoms with Crippen molar-refractivity contribution in [1.82, 2.24) is 4.98 Å². The molecule has 0 radical (unpaired) electrons. The average Bonchev–Trinajstić information content (AvgIpc) is 2.32. The number of nitrogens with zero attached hydrogens (tertiary/aromatic N) is 1. The van der Waals surface area contributed by atoms with Crippen LogP contribution in [0.3, 0.4) is 0 Å². The zero-order valence-electron chi connectivity index (χ0n) is 10.4. The van der Waals surface area contributed by atoms with E-state index >= 15 is 0 Å². The predicted octanol–water partition coefficient (Wildman–Crippen LogP) is 4.57. The first kappa shape index (κ1) is 12.3. The molecular weight excluding hydrogens is 274 g/mol. The number of alkyl halides is 1. The van der Waals surface area contributed by atoms with Gasteiger partial charge in [-0.1, -0.05) is 34.1 Å². The van der Waals surface area contributed by atoms with Crippen LogP contribution in [0, 0.1) is 20.8 Å². The maximum absolute atomic E-state index is 4.65. The summed E-state index contributed by atoms with van der Waals surface area (Å²) in [6, 6.07) is 10.7. The SMILES string of the molecule is Cc1ccc(-c2ccc(CBr)c(C)n2)cc1C. The Morgan fingerprint density at radius 2 is 1.76 bits per heavy atom. The standard InChI is InChI=1S/C15H16BrN/c1-10-4-5-13(8-11(10)2)15-7-6-14(9-16)12(3)17-15/h4-8H,9H2,1-3H3. The number of rotatable bonds is 2. The Hall–Kier alpha value is -1.15. The lowest BCUT2D eigenvalue weighted by molar-refractivity contribution is 1.15. The van der Waals surface area contributed by atoms with E-state index in [1.807, 2.05) is 0 Å². The van der Waals surface area contributed by atoms with Crippen LogP contribution in [-0.4, -0.2) is 4.98 Å². The second kappa shape index (κ2) is 5.01. The second-order valence-electron chi connectivity index (χ2n) is 4.37. The van der Waals surface area contributed by atoms with E-state index in [4.69, 9.17) is 0 Å². The highest BCUT2D eigenvalue weighted by Gasteiger charge is 2.04. The van der Waals surface area contributed by atoms with Gasteiger partial charge < -0.3 is 0 Å². The molecule has 0 aliphatic rings. The molecule has 88 valence electrons. The van der Waals surface area contributed by atoms with Crippen molar-refractivity contribution in [2.45, 2.75) is 26.1 Å². The molecule has 0 aliphatic heterocycles. The fourth-order valence-corrected chi connectivity index (χ4v) is 2.39. The zero-order valence-corrected chi connectivity index (χ0v) is 12.0. The molecule has 0 bridgehead atoms. The summed E-state index contributed by atoms with van der Waals surface area (Å²) in [5.41, 5.74) is 7.22. The van der Waals surface area contributed by atoms with Crippen molar-refractivity contribution in [3.05, 3.63) is 52.7 Å². The van der Waals surface area contributed by atoms with Gasteiger partial charge >= 0.3 is 0 Å². The lowest BCUT2D eigenvalue weighted by atomic mass is 10.0. The molecule has 0 saturated carbocycles. The summed E-state index contributed by atoms with van der Waals surface area (Å²) in [7, 11) is 0. The minimum Gasteiger partial charge on any atom is -0.253 e. The van der Waals surface area contributed by atoms with E-state index in [0.717, 1.165) is 16.7 Å². The van der Waals surface area contributed by atoms with Gasteiger partial charge in [-0.15, -0.1) is 0 Å². The molecule has 1 heterocycles. The van der Waals surface area contributed by atoms with E-state index in [9.17, 15) is 0 Å². The lowest BCUT2D eigenvalue weighted by Crippen LogP contribution is -1.93. The van der Waals surface area contributed by atoms with E-state index < -0.39 is 0 Å². The van der Waals surface area contributed by atoms with Gasteiger partial charge in [-0.3, -0.25) is 4.98 Å². The number of benzene rings is 1. The minimum atomic E-state index is 0.860. The summed E-state index contributed by atoms with van der Waals surface area (Å²) >= 11 is 3.47. The third kappa shape index (κ3) is 2.58. The van der Waals surface area contributed by atoms with Gasteiger partial charge in [0.15, 0.2) is 0 Å². The third-order valence-corrected chi connectivity index (χ3v) is 3.75. The van der Waals surface area contributed by atoms with Crippen molar-refractivity contribution in [1.29, 1.82) is 0 Å². The fraction of sp³-hybridized carbons (Fsp3) is 0.267. The van der Waals surface area contributed by atoms with E-state index in [1.54, 1.807) is 0 Å². The zero-order chi connectivity index (χ0) is 12.4. The summed E-state index contributed by atoms with van der Waals surface area (Å²) in [5.74, 6) is 0. The predicted molar refractivity (Wildman–Crippen MR) is 76.5 cm³/mol. The van der Waals surface area contributed by atoms with Gasteiger partial charge in [0.05, 0.1) is 5.69 Å². The largest absolute Gasteiger partial charge is 0.253 e. The highest BCUT2D eigenvalue weighted by Crippen LogP contribution is 2.22. The molecule has 1 aromatic carbocycles. The number of pyridine rings is 1. The second-order valence-corrected chi connectivity index (χ2v) is 4.93. The van der Waals surface area contributed by atoms with Crippen LogP contribution in [0.4, 0.5) is 0 Å². The smallest absolute Gasteiger partial charge is 0.0705 e. The molecule has 2 aromatic rings. The van der Waals surface area contributed by atoms with Gasteiger partial charge in [-0.25, -0.2) is 0 Å². The van der Waals surface area contributed by atoms with Gasteiger partial charge in [0.1, 0.15) is 0 Å². The van der Waals surface area contributed by atoms with Crippen LogP contribution in [0.15, 0.2) is 30.3 Å². The topological polar surface area (TPSA) is 12.9 Å². The van der Waals surface area contributed by atoms with E-state index in [-0.39, 0.29) is 0 Å². The molecule has 0 fully saturated rings. The molecule has 0 unspecified atom stereocenters. The van der Waals surface area contributed by atoms with Gasteiger partial charge in [0, 0.05) is 16.6 Å². The molecule has 17 heavy (non-hydrogen) atoms. The molecule has 0 N–H and O–H groups in total. The van der Waals surface area contributed by atoms with Gasteiger partial charge in [0.2, 0.25) is 0 Å². The number of hydrogen-bond donors (Lipinski definition) is 0. The maximum atomic E-state index is 4.65. The molecule has 0 amide bonds. The Kier molecular flexibility index (Phi) is 3.63. The Bertz CT molecular complexity index is 547. The van der Waals surface area contributed by atoms with Crippen LogP contribution in [-0.2, 0) is 5.33 Å². The van der Waals surface area contributed by atoms with Crippen LogP contribution in [0.2, 0.25) is 0 Å². The highest BCUT2D eigenvalue weighted by molar-refractivity contribution is 9.08. The normalized spacial score (nSPS) is 10.6. The molecule has 2 rings (SSSR count). The van der Waals surface area contributed by atoms with Gasteiger partial charge in [-0.05, 0) is 49.6 Å². The summed E-state index contributed by atoms with van der Waals surface area (Å²) in [6.45, 7) is 6.32. The van der Waals surface area contributed by atoms with Crippen LogP contribution in [0.1, 0.15) is 22.4 Å². The lowest BCUT2D eigenvalue weighted by Gasteiger charge is -2.07. The summed E-state index contributed by atoms with van der Waals surface area (Å²) in [5, 5.41) is 0.860. The Morgan fingerprint density at radius 1 is 1.00 bits per heavy atom. The molecule has 0 spiro atoms. The molecular formula is C15H16BrN.